The van der Waals surface area contributed by atoms with Gasteiger partial charge in [0.1, 0.15) is 0 Å². The molecule has 14 heavy (non-hydrogen) atoms. The highest BCUT2D eigenvalue weighted by atomic mass is 16.3. The van der Waals surface area contributed by atoms with Gasteiger partial charge in [-0.15, -0.1) is 0 Å². The van der Waals surface area contributed by atoms with Crippen molar-refractivity contribution in [2.45, 2.75) is 58.0 Å². The molecular weight excluding hydrogens is 174 g/mol. The highest BCUT2D eigenvalue weighted by molar-refractivity contribution is 4.72. The Hall–Kier alpha value is -0.0800. The Balaban J connectivity index is 1.95. The third-order valence-electron chi connectivity index (χ3n) is 3.17. The molecule has 84 valence electrons. The van der Waals surface area contributed by atoms with E-state index >= 15 is 0 Å². The van der Waals surface area contributed by atoms with Gasteiger partial charge in [0.25, 0.3) is 0 Å². The second-order valence-electron chi connectivity index (χ2n) is 4.60. The Bertz CT molecular complexity index is 132. The maximum absolute atomic E-state index is 9.75. The topological polar surface area (TPSA) is 32.3 Å². The van der Waals surface area contributed by atoms with Crippen LogP contribution < -0.4 is 5.32 Å². The summed E-state index contributed by atoms with van der Waals surface area (Å²) in [4.78, 5) is 0. The monoisotopic (exact) mass is 199 g/mol. The van der Waals surface area contributed by atoms with Crippen molar-refractivity contribution in [2.75, 3.05) is 13.1 Å². The Morgan fingerprint density at radius 2 is 2.07 bits per heavy atom. The number of nitrogens with one attached hydrogen (secondary N) is 1. The fraction of sp³-hybridized carbons (Fsp3) is 1.00. The minimum atomic E-state index is -0.116. The molecule has 1 aliphatic rings. The molecule has 0 saturated heterocycles. The summed E-state index contributed by atoms with van der Waals surface area (Å²) in [5, 5.41) is 13.1. The summed E-state index contributed by atoms with van der Waals surface area (Å²) in [6.07, 6.45) is 8.77. The Labute approximate surface area is 88.1 Å². The summed E-state index contributed by atoms with van der Waals surface area (Å²) in [5.41, 5.74) is 0. The molecule has 0 spiro atoms. The number of aliphatic hydroxyl groups is 1. The maximum atomic E-state index is 9.75. The predicted molar refractivity (Wildman–Crippen MR) is 60.4 cm³/mol. The van der Waals surface area contributed by atoms with Crippen molar-refractivity contribution in [1.29, 1.82) is 0 Å². The van der Waals surface area contributed by atoms with Gasteiger partial charge in [0, 0.05) is 6.54 Å². The van der Waals surface area contributed by atoms with Crippen LogP contribution in [0.4, 0.5) is 0 Å². The van der Waals surface area contributed by atoms with Crippen molar-refractivity contribution in [3.8, 4) is 0 Å². The van der Waals surface area contributed by atoms with Crippen LogP contribution in [0.15, 0.2) is 0 Å². The molecule has 0 bridgehead atoms. The van der Waals surface area contributed by atoms with Crippen LogP contribution in [0.25, 0.3) is 0 Å². The third-order valence-corrected chi connectivity index (χ3v) is 3.17. The van der Waals surface area contributed by atoms with Crippen LogP contribution in [-0.4, -0.2) is 24.3 Å². The summed E-state index contributed by atoms with van der Waals surface area (Å²) >= 11 is 0. The summed E-state index contributed by atoms with van der Waals surface area (Å²) in [6, 6.07) is 0. The van der Waals surface area contributed by atoms with Gasteiger partial charge in [0.15, 0.2) is 0 Å². The zero-order chi connectivity index (χ0) is 10.2. The molecule has 1 atom stereocenters. The average Bonchev–Trinajstić information content (AvgIpc) is 2.65. The van der Waals surface area contributed by atoms with Gasteiger partial charge < -0.3 is 10.4 Å². The molecule has 0 aromatic rings. The van der Waals surface area contributed by atoms with Crippen LogP contribution in [-0.2, 0) is 0 Å². The zero-order valence-electron chi connectivity index (χ0n) is 9.47. The van der Waals surface area contributed by atoms with E-state index in [1.54, 1.807) is 0 Å². The lowest BCUT2D eigenvalue weighted by molar-refractivity contribution is 0.141. The minimum absolute atomic E-state index is 0.116. The van der Waals surface area contributed by atoms with Crippen LogP contribution in [0.2, 0.25) is 0 Å². The summed E-state index contributed by atoms with van der Waals surface area (Å²) in [6.45, 7) is 4.03. The van der Waals surface area contributed by atoms with Crippen molar-refractivity contribution in [3.05, 3.63) is 0 Å². The van der Waals surface area contributed by atoms with Gasteiger partial charge in [-0.05, 0) is 25.3 Å². The lowest BCUT2D eigenvalue weighted by Crippen LogP contribution is -2.28. The van der Waals surface area contributed by atoms with Gasteiger partial charge in [0.05, 0.1) is 6.10 Å². The van der Waals surface area contributed by atoms with Crippen LogP contribution in [0.1, 0.15) is 51.9 Å². The van der Waals surface area contributed by atoms with Gasteiger partial charge in [-0.1, -0.05) is 39.0 Å². The lowest BCUT2D eigenvalue weighted by atomic mass is 10.0. The standard InChI is InChI=1S/C12H25NO/c1-2-3-8-13-10-12(14)9-11-6-4-5-7-11/h11-14H,2-10H2,1H3. The van der Waals surface area contributed by atoms with Gasteiger partial charge in [0.2, 0.25) is 0 Å². The first-order valence-electron chi connectivity index (χ1n) is 6.21. The van der Waals surface area contributed by atoms with Gasteiger partial charge in [-0.2, -0.15) is 0 Å². The van der Waals surface area contributed by atoms with E-state index in [4.69, 9.17) is 0 Å². The van der Waals surface area contributed by atoms with E-state index in [0.29, 0.717) is 0 Å². The molecule has 1 rings (SSSR count). The normalized spacial score (nSPS) is 20.1. The smallest absolute Gasteiger partial charge is 0.0667 e. The SMILES string of the molecule is CCCCNCC(O)CC1CCCC1. The third kappa shape index (κ3) is 4.97. The first-order valence-corrected chi connectivity index (χ1v) is 6.21. The Morgan fingerprint density at radius 1 is 1.36 bits per heavy atom. The molecular formula is C12H25NO. The fourth-order valence-corrected chi connectivity index (χ4v) is 2.28. The molecule has 1 fully saturated rings. The molecule has 1 aliphatic carbocycles. The van der Waals surface area contributed by atoms with E-state index in [-0.39, 0.29) is 6.10 Å². The maximum Gasteiger partial charge on any atom is 0.0667 e. The molecule has 2 N–H and O–H groups in total. The van der Waals surface area contributed by atoms with Crippen molar-refractivity contribution >= 4 is 0 Å². The van der Waals surface area contributed by atoms with Crippen molar-refractivity contribution in [3.63, 3.8) is 0 Å². The number of unbranched alkanes of at least 4 members (excludes halogenated alkanes) is 1. The van der Waals surface area contributed by atoms with E-state index in [9.17, 15) is 5.11 Å². The Morgan fingerprint density at radius 3 is 2.71 bits per heavy atom. The summed E-state index contributed by atoms with van der Waals surface area (Å²) in [5.74, 6) is 0.804. The first kappa shape index (κ1) is 12.0. The summed E-state index contributed by atoms with van der Waals surface area (Å²) in [7, 11) is 0. The fourth-order valence-electron chi connectivity index (χ4n) is 2.28. The average molecular weight is 199 g/mol. The quantitative estimate of drug-likeness (QED) is 0.617. The number of hydrogen-bond acceptors (Lipinski definition) is 2. The highest BCUT2D eigenvalue weighted by Gasteiger charge is 2.18. The molecule has 0 amide bonds. The first-order chi connectivity index (χ1) is 6.83. The second kappa shape index (κ2) is 7.24. The van der Waals surface area contributed by atoms with Crippen LogP contribution in [0.3, 0.4) is 0 Å². The number of hydrogen-bond donors (Lipinski definition) is 2. The van der Waals surface area contributed by atoms with E-state index < -0.39 is 0 Å². The van der Waals surface area contributed by atoms with E-state index in [1.807, 2.05) is 0 Å². The van der Waals surface area contributed by atoms with Crippen molar-refractivity contribution < 1.29 is 5.11 Å². The van der Waals surface area contributed by atoms with Crippen molar-refractivity contribution in [2.24, 2.45) is 5.92 Å². The Kier molecular flexibility index (Phi) is 6.20. The molecule has 0 radical (unpaired) electrons. The van der Waals surface area contributed by atoms with E-state index in [1.165, 1.54) is 38.5 Å². The molecule has 0 aromatic carbocycles. The molecule has 2 nitrogen and oxygen atoms in total. The number of rotatable bonds is 7. The molecule has 1 saturated carbocycles. The minimum Gasteiger partial charge on any atom is -0.392 e. The van der Waals surface area contributed by atoms with Gasteiger partial charge in [-0.3, -0.25) is 0 Å². The van der Waals surface area contributed by atoms with E-state index in [2.05, 4.69) is 12.2 Å². The summed E-state index contributed by atoms with van der Waals surface area (Å²) < 4.78 is 0. The zero-order valence-corrected chi connectivity index (χ0v) is 9.47. The van der Waals surface area contributed by atoms with Crippen LogP contribution >= 0.6 is 0 Å². The second-order valence-corrected chi connectivity index (χ2v) is 4.60. The largest absolute Gasteiger partial charge is 0.392 e. The van der Waals surface area contributed by atoms with Crippen molar-refractivity contribution in [1.82, 2.24) is 5.32 Å². The molecule has 0 heterocycles. The predicted octanol–water partition coefficient (Wildman–Crippen LogP) is 2.32. The molecule has 0 aliphatic heterocycles. The van der Waals surface area contributed by atoms with Crippen LogP contribution in [0, 0.1) is 5.92 Å². The van der Waals surface area contributed by atoms with E-state index in [0.717, 1.165) is 25.4 Å². The lowest BCUT2D eigenvalue weighted by Gasteiger charge is -2.15. The highest BCUT2D eigenvalue weighted by Crippen LogP contribution is 2.28. The molecule has 0 aromatic heterocycles. The number of aliphatic hydroxyl groups excluding tert-OH is 1. The van der Waals surface area contributed by atoms with Gasteiger partial charge in [-0.25, -0.2) is 0 Å². The molecule has 2 heteroatoms. The van der Waals surface area contributed by atoms with Crippen LogP contribution in [0.5, 0.6) is 0 Å². The molecule has 1 unspecified atom stereocenters. The van der Waals surface area contributed by atoms with Gasteiger partial charge >= 0.3 is 0 Å².